The Bertz CT molecular complexity index is 434. The van der Waals surface area contributed by atoms with Crippen molar-refractivity contribution in [1.29, 1.82) is 0 Å². The lowest BCUT2D eigenvalue weighted by atomic mass is 10.5. The standard InChI is InChI=1S/C18H50Si7/c1-17(2)23(18(3)4)24(19(5,6)7,20(8,9)10)25(23,21(11,12)13)22(14,15)16/h17-18H,1-16H3. The second kappa shape index (κ2) is 6.26. The molecular weight excluding hydrogens is 413 g/mol. The van der Waals surface area contributed by atoms with E-state index >= 15 is 0 Å². The molecule has 0 aliphatic carbocycles. The molecule has 0 aromatic heterocycles. The molecule has 1 saturated heterocycles. The van der Waals surface area contributed by atoms with Crippen LogP contribution in [0, 0.1) is 0 Å². The molecule has 150 valence electrons. The summed E-state index contributed by atoms with van der Waals surface area (Å²) in [5, 5.41) is 0. The Morgan fingerprint density at radius 1 is 0.400 bits per heavy atom. The minimum atomic E-state index is -1.18. The van der Waals surface area contributed by atoms with Crippen LogP contribution < -0.4 is 0 Å². The van der Waals surface area contributed by atoms with E-state index in [1.807, 2.05) is 0 Å². The predicted molar refractivity (Wildman–Crippen MR) is 141 cm³/mol. The van der Waals surface area contributed by atoms with Gasteiger partial charge in [0, 0.05) is 49.8 Å². The largest absolute Gasteiger partial charge is 0.0721 e. The molecule has 0 atom stereocenters. The molecule has 0 saturated carbocycles. The maximum Gasteiger partial charge on any atom is 0.0323 e. The van der Waals surface area contributed by atoms with Gasteiger partial charge in [-0.2, -0.15) is 0 Å². The molecule has 0 unspecified atom stereocenters. The van der Waals surface area contributed by atoms with Crippen molar-refractivity contribution >= 4 is 49.8 Å². The number of hydrogen-bond donors (Lipinski definition) is 0. The molecule has 1 fully saturated rings. The summed E-state index contributed by atoms with van der Waals surface area (Å²) in [7, 11) is -5.71. The summed E-state index contributed by atoms with van der Waals surface area (Å²) >= 11 is 0. The quantitative estimate of drug-likeness (QED) is 0.370. The van der Waals surface area contributed by atoms with Gasteiger partial charge in [-0.25, -0.2) is 0 Å². The SMILES string of the molecule is CC(C)[Si]1(C(C)C)[Si]([Si](C)(C)C)([Si](C)(C)C)[Si]1([Si](C)(C)C)[Si](C)(C)C. The van der Waals surface area contributed by atoms with E-state index in [9.17, 15) is 0 Å². The first-order valence-corrected chi connectivity index (χ1v) is 37.8. The van der Waals surface area contributed by atoms with Gasteiger partial charge in [-0.1, -0.05) is 117 Å². The summed E-state index contributed by atoms with van der Waals surface area (Å²) in [6, 6.07) is 0. The fourth-order valence-corrected chi connectivity index (χ4v) is 489. The molecule has 0 nitrogen and oxygen atoms in total. The van der Waals surface area contributed by atoms with Gasteiger partial charge in [-0.3, -0.25) is 0 Å². The zero-order valence-corrected chi connectivity index (χ0v) is 27.7. The smallest absolute Gasteiger partial charge is 0.0323 e. The lowest BCUT2D eigenvalue weighted by Gasteiger charge is -2.51. The van der Waals surface area contributed by atoms with E-state index in [0.717, 1.165) is 11.1 Å². The van der Waals surface area contributed by atoms with Crippen LogP contribution in [0.4, 0.5) is 0 Å². The fraction of sp³-hybridized carbons (Fsp3) is 1.00. The molecule has 0 bridgehead atoms. The van der Waals surface area contributed by atoms with Crippen molar-refractivity contribution in [2.75, 3.05) is 0 Å². The summed E-state index contributed by atoms with van der Waals surface area (Å²) in [4.78, 5) is 0. The van der Waals surface area contributed by atoms with Gasteiger partial charge in [0.2, 0.25) is 0 Å². The Morgan fingerprint density at radius 2 is 0.560 bits per heavy atom. The van der Waals surface area contributed by atoms with Crippen molar-refractivity contribution in [2.45, 2.75) is 117 Å². The molecule has 1 aliphatic heterocycles. The van der Waals surface area contributed by atoms with Gasteiger partial charge >= 0.3 is 0 Å². The lowest BCUT2D eigenvalue weighted by Crippen LogP contribution is -2.79. The van der Waals surface area contributed by atoms with Crippen LogP contribution in [0.5, 0.6) is 0 Å². The van der Waals surface area contributed by atoms with Crippen LogP contribution in [0.1, 0.15) is 27.7 Å². The van der Waals surface area contributed by atoms with Gasteiger partial charge in [0.05, 0.1) is 0 Å². The second-order valence-corrected chi connectivity index (χ2v) is 99.2. The maximum absolute atomic E-state index is 2.87. The number of hydrogen-bond acceptors (Lipinski definition) is 0. The third-order valence-electron chi connectivity index (χ3n) is 8.06. The van der Waals surface area contributed by atoms with Crippen molar-refractivity contribution in [1.82, 2.24) is 0 Å². The van der Waals surface area contributed by atoms with Crippen LogP contribution in [0.25, 0.3) is 0 Å². The normalized spacial score (nSPS) is 23.3. The molecule has 7 heteroatoms. The average Bonchev–Trinajstić information content (AvgIpc) is 2.88. The molecule has 25 heavy (non-hydrogen) atoms. The van der Waals surface area contributed by atoms with Crippen molar-refractivity contribution in [3.63, 3.8) is 0 Å². The fourth-order valence-electron chi connectivity index (χ4n) is 9.99. The molecule has 0 amide bonds. The molecule has 0 spiro atoms. The van der Waals surface area contributed by atoms with E-state index in [0.29, 0.717) is 0 Å². The Hall–Kier alpha value is 1.52. The molecule has 1 rings (SSSR count). The molecular formula is C18H50Si7. The van der Waals surface area contributed by atoms with Gasteiger partial charge in [-0.05, 0) is 0 Å². The topological polar surface area (TPSA) is 0 Å². The van der Waals surface area contributed by atoms with Crippen molar-refractivity contribution in [3.05, 3.63) is 0 Å². The molecule has 0 aromatic rings. The van der Waals surface area contributed by atoms with Crippen molar-refractivity contribution in [2.24, 2.45) is 0 Å². The zero-order chi connectivity index (χ0) is 20.7. The summed E-state index contributed by atoms with van der Waals surface area (Å²) in [6.45, 7) is 45.4. The monoisotopic (exact) mass is 462 g/mol. The van der Waals surface area contributed by atoms with Gasteiger partial charge in [-0.15, -0.1) is 0 Å². The van der Waals surface area contributed by atoms with Crippen LogP contribution in [0.2, 0.25) is 89.6 Å². The van der Waals surface area contributed by atoms with Crippen LogP contribution in [-0.2, 0) is 0 Å². The third kappa shape index (κ3) is 2.54. The van der Waals surface area contributed by atoms with E-state index in [4.69, 9.17) is 0 Å². The third-order valence-corrected chi connectivity index (χ3v) is 221. The van der Waals surface area contributed by atoms with Crippen molar-refractivity contribution in [3.8, 4) is 0 Å². The highest BCUT2D eigenvalue weighted by Gasteiger charge is 3.00. The Labute approximate surface area is 166 Å². The van der Waals surface area contributed by atoms with Crippen LogP contribution in [0.15, 0.2) is 0 Å². The molecule has 0 aromatic carbocycles. The van der Waals surface area contributed by atoms with E-state index in [2.05, 4.69) is 106 Å². The molecule has 1 aliphatic rings. The Kier molecular flexibility index (Phi) is 6.14. The zero-order valence-electron chi connectivity index (χ0n) is 20.7. The first-order chi connectivity index (χ1) is 10.6. The van der Waals surface area contributed by atoms with E-state index < -0.39 is 49.8 Å². The Morgan fingerprint density at radius 3 is 0.600 bits per heavy atom. The van der Waals surface area contributed by atoms with Gasteiger partial charge < -0.3 is 0 Å². The van der Waals surface area contributed by atoms with Crippen LogP contribution >= 0.6 is 0 Å². The molecule has 1 heterocycles. The summed E-state index contributed by atoms with van der Waals surface area (Å²) in [5.74, 6) is 0. The second-order valence-electron chi connectivity index (χ2n) is 13.7. The van der Waals surface area contributed by atoms with E-state index in [-0.39, 0.29) is 0 Å². The van der Waals surface area contributed by atoms with Crippen LogP contribution in [0.3, 0.4) is 0 Å². The predicted octanol–water partition coefficient (Wildman–Crippen LogP) is 7.07. The lowest BCUT2D eigenvalue weighted by molar-refractivity contribution is 0.952. The molecule has 0 N–H and O–H groups in total. The van der Waals surface area contributed by atoms with Gasteiger partial charge in [0.15, 0.2) is 0 Å². The van der Waals surface area contributed by atoms with E-state index in [1.54, 1.807) is 0 Å². The highest BCUT2D eigenvalue weighted by molar-refractivity contribution is 8.50. The summed E-state index contributed by atoms with van der Waals surface area (Å²) < 4.78 is 0. The first-order valence-electron chi connectivity index (χ1n) is 10.6. The summed E-state index contributed by atoms with van der Waals surface area (Å²) in [5.41, 5.74) is 2.12. The van der Waals surface area contributed by atoms with Gasteiger partial charge in [0.25, 0.3) is 0 Å². The first kappa shape index (κ1) is 24.6. The Balaban J connectivity index is 4.30. The van der Waals surface area contributed by atoms with Crippen molar-refractivity contribution < 1.29 is 0 Å². The average molecular weight is 463 g/mol. The van der Waals surface area contributed by atoms with E-state index in [1.165, 1.54) is 0 Å². The van der Waals surface area contributed by atoms with Gasteiger partial charge in [0.1, 0.15) is 0 Å². The minimum Gasteiger partial charge on any atom is -0.0721 e. The highest BCUT2D eigenvalue weighted by atomic mass is 30.7. The summed E-state index contributed by atoms with van der Waals surface area (Å²) in [6.07, 6.45) is -2.27. The maximum atomic E-state index is 2.87. The van der Waals surface area contributed by atoms with Crippen LogP contribution in [-0.4, -0.2) is 49.8 Å². The molecule has 0 radical (unpaired) electrons. The minimum absolute atomic E-state index is 1.06. The highest BCUT2D eigenvalue weighted by Crippen LogP contribution is 2.73. The number of rotatable bonds is 6.